The van der Waals surface area contributed by atoms with Crippen LogP contribution in [0.5, 0.6) is 0 Å². The molecule has 1 aromatic carbocycles. The van der Waals surface area contributed by atoms with Crippen LogP contribution in [-0.2, 0) is 19.1 Å². The van der Waals surface area contributed by atoms with Gasteiger partial charge in [0.1, 0.15) is 11.6 Å². The number of carbonyl (C=O) groups excluding carboxylic acids is 3. The van der Waals surface area contributed by atoms with Crippen LogP contribution in [0.3, 0.4) is 0 Å². The highest BCUT2D eigenvalue weighted by molar-refractivity contribution is 7.98. The molecule has 2 bridgehead atoms. The second kappa shape index (κ2) is 12.0. The summed E-state index contributed by atoms with van der Waals surface area (Å²) in [4.78, 5) is 47.6. The quantitative estimate of drug-likeness (QED) is 0.344. The number of nitrogens with one attached hydrogen (secondary N) is 2. The minimum Gasteiger partial charge on any atom is -0.359 e. The monoisotopic (exact) mass is 594 g/mol. The number of hydrogen-bond acceptors (Lipinski definition) is 6. The summed E-state index contributed by atoms with van der Waals surface area (Å²) in [5.74, 6) is -1.05. The first-order valence-electron chi connectivity index (χ1n) is 15.9. The van der Waals surface area contributed by atoms with Gasteiger partial charge < -0.3 is 20.3 Å². The SMILES string of the molecule is CSc1cccc(NC(=O)[C@@H]2[C@@H]3C=C[C@]4(O3)[C@@H]2C(=O)N(CCN2CCCC[C@@H]2C)[C@H]4C(=O)N[C@@H]2CCC[C@H](C)[C@H]2C)c1. The number of nitrogens with zero attached hydrogens (tertiary/aromatic N) is 2. The van der Waals surface area contributed by atoms with Gasteiger partial charge in [0.2, 0.25) is 17.7 Å². The van der Waals surface area contributed by atoms with Gasteiger partial charge in [-0.1, -0.05) is 51.3 Å². The van der Waals surface area contributed by atoms with Gasteiger partial charge in [0.15, 0.2) is 0 Å². The van der Waals surface area contributed by atoms with Crippen molar-refractivity contribution >= 4 is 35.2 Å². The van der Waals surface area contributed by atoms with Crippen LogP contribution < -0.4 is 10.6 Å². The standard InChI is InChI=1S/C33H46N4O4S/c1-20-9-7-13-25(22(20)3)35-31(39)29-33-15-14-26(41-33)27(30(38)34-23-11-8-12-24(19-23)42-4)28(33)32(40)37(29)18-17-36-16-6-5-10-21(36)2/h8,11-12,14-15,19-22,25-29H,5-7,9-10,13,16-18H2,1-4H3,(H,34,38)(H,35,39)/t20-,21-,22+,25+,26-,27+,28-,29-,33-/m0/s1. The summed E-state index contributed by atoms with van der Waals surface area (Å²) in [5.41, 5.74) is -0.435. The molecule has 1 saturated carbocycles. The number of hydrogen-bond donors (Lipinski definition) is 2. The Bertz CT molecular complexity index is 1240. The van der Waals surface area contributed by atoms with E-state index < -0.39 is 29.6 Å². The van der Waals surface area contributed by atoms with E-state index in [2.05, 4.69) is 36.3 Å². The van der Waals surface area contributed by atoms with Crippen molar-refractivity contribution in [3.8, 4) is 0 Å². The molecule has 4 aliphatic heterocycles. The molecular weight excluding hydrogens is 548 g/mol. The summed E-state index contributed by atoms with van der Waals surface area (Å²) in [6.45, 7) is 8.88. The Labute approximate surface area is 254 Å². The molecule has 1 aromatic rings. The van der Waals surface area contributed by atoms with Crippen molar-refractivity contribution in [2.45, 2.75) is 94.0 Å². The molecule has 1 spiro atoms. The Balaban J connectivity index is 1.28. The van der Waals surface area contributed by atoms with E-state index in [0.29, 0.717) is 36.7 Å². The van der Waals surface area contributed by atoms with Gasteiger partial charge >= 0.3 is 0 Å². The number of benzene rings is 1. The van der Waals surface area contributed by atoms with E-state index in [9.17, 15) is 14.4 Å². The Morgan fingerprint density at radius 2 is 1.90 bits per heavy atom. The average molecular weight is 595 g/mol. The number of amides is 3. The smallest absolute Gasteiger partial charge is 0.246 e. The lowest BCUT2D eigenvalue weighted by atomic mass is 9.73. The lowest BCUT2D eigenvalue weighted by molar-refractivity contribution is -0.142. The third-order valence-corrected chi connectivity index (χ3v) is 11.6. The van der Waals surface area contributed by atoms with E-state index in [-0.39, 0.29) is 23.8 Å². The molecule has 4 heterocycles. The van der Waals surface area contributed by atoms with E-state index in [1.54, 1.807) is 16.7 Å². The zero-order valence-electron chi connectivity index (χ0n) is 25.4. The summed E-state index contributed by atoms with van der Waals surface area (Å²) in [5, 5.41) is 6.41. The van der Waals surface area contributed by atoms with Gasteiger partial charge in [0.25, 0.3) is 0 Å². The number of likely N-dealkylation sites (tertiary alicyclic amines) is 2. The normalized spacial score (nSPS) is 37.6. The van der Waals surface area contributed by atoms with Gasteiger partial charge in [0.05, 0.1) is 17.9 Å². The van der Waals surface area contributed by atoms with Gasteiger partial charge in [-0.3, -0.25) is 19.3 Å². The van der Waals surface area contributed by atoms with E-state index in [4.69, 9.17) is 4.74 Å². The summed E-state index contributed by atoms with van der Waals surface area (Å²) in [7, 11) is 0. The predicted octanol–water partition coefficient (Wildman–Crippen LogP) is 4.31. The van der Waals surface area contributed by atoms with Crippen molar-refractivity contribution in [1.82, 2.24) is 15.1 Å². The summed E-state index contributed by atoms with van der Waals surface area (Å²) in [6, 6.07) is 7.44. The molecule has 3 saturated heterocycles. The predicted molar refractivity (Wildman–Crippen MR) is 165 cm³/mol. The minimum absolute atomic E-state index is 0.0705. The number of thioether (sulfide) groups is 1. The van der Waals surface area contributed by atoms with Crippen LogP contribution in [0, 0.1) is 23.7 Å². The molecule has 2 N–H and O–H groups in total. The largest absolute Gasteiger partial charge is 0.359 e. The van der Waals surface area contributed by atoms with Crippen molar-refractivity contribution in [2.75, 3.05) is 31.2 Å². The Kier molecular flexibility index (Phi) is 8.46. The number of rotatable bonds is 8. The maximum absolute atomic E-state index is 14.3. The average Bonchev–Trinajstić information content (AvgIpc) is 3.62. The van der Waals surface area contributed by atoms with Crippen LogP contribution in [0.4, 0.5) is 5.69 Å². The first kappa shape index (κ1) is 29.7. The second-order valence-electron chi connectivity index (χ2n) is 13.2. The van der Waals surface area contributed by atoms with Gasteiger partial charge in [-0.2, -0.15) is 0 Å². The molecule has 228 valence electrons. The zero-order valence-corrected chi connectivity index (χ0v) is 26.2. The molecule has 9 atom stereocenters. The molecule has 42 heavy (non-hydrogen) atoms. The number of carbonyl (C=O) groups is 3. The van der Waals surface area contributed by atoms with Crippen LogP contribution >= 0.6 is 11.8 Å². The van der Waals surface area contributed by atoms with E-state index >= 15 is 0 Å². The van der Waals surface area contributed by atoms with Gasteiger partial charge in [-0.25, -0.2) is 0 Å². The maximum atomic E-state index is 14.3. The number of ether oxygens (including phenoxy) is 1. The first-order valence-corrected chi connectivity index (χ1v) is 17.1. The van der Waals surface area contributed by atoms with Gasteiger partial charge in [-0.05, 0) is 69.0 Å². The molecule has 6 rings (SSSR count). The van der Waals surface area contributed by atoms with Crippen molar-refractivity contribution in [3.63, 3.8) is 0 Å². The number of fused-ring (bicyclic) bond motifs is 1. The van der Waals surface area contributed by atoms with Crippen molar-refractivity contribution < 1.29 is 19.1 Å². The zero-order chi connectivity index (χ0) is 29.6. The number of anilines is 1. The molecule has 9 heteroatoms. The highest BCUT2D eigenvalue weighted by Crippen LogP contribution is 2.55. The van der Waals surface area contributed by atoms with Crippen molar-refractivity contribution in [3.05, 3.63) is 36.4 Å². The molecular formula is C33H46N4O4S. The molecule has 0 aromatic heterocycles. The second-order valence-corrected chi connectivity index (χ2v) is 14.1. The highest BCUT2D eigenvalue weighted by atomic mass is 32.2. The molecule has 0 unspecified atom stereocenters. The fourth-order valence-electron chi connectivity index (χ4n) is 8.21. The lowest BCUT2D eigenvalue weighted by Crippen LogP contribution is -2.58. The Morgan fingerprint density at radius 1 is 1.07 bits per heavy atom. The van der Waals surface area contributed by atoms with Crippen LogP contribution in [0.1, 0.15) is 59.3 Å². The summed E-state index contributed by atoms with van der Waals surface area (Å²) >= 11 is 1.61. The molecule has 0 radical (unpaired) electrons. The highest BCUT2D eigenvalue weighted by Gasteiger charge is 2.72. The third-order valence-electron chi connectivity index (χ3n) is 10.9. The fraction of sp³-hybridized carbons (Fsp3) is 0.667. The van der Waals surface area contributed by atoms with E-state index in [1.807, 2.05) is 42.7 Å². The van der Waals surface area contributed by atoms with Crippen LogP contribution in [0.15, 0.2) is 41.3 Å². The molecule has 1 aliphatic carbocycles. The van der Waals surface area contributed by atoms with Gasteiger partial charge in [-0.15, -0.1) is 11.8 Å². The fourth-order valence-corrected chi connectivity index (χ4v) is 8.67. The molecule has 5 aliphatic rings. The topological polar surface area (TPSA) is 91.0 Å². The van der Waals surface area contributed by atoms with Crippen LogP contribution in [-0.4, -0.2) is 83.2 Å². The van der Waals surface area contributed by atoms with Gasteiger partial charge in [0, 0.05) is 35.8 Å². The van der Waals surface area contributed by atoms with Crippen molar-refractivity contribution in [1.29, 1.82) is 0 Å². The molecule has 3 amide bonds. The Morgan fingerprint density at radius 3 is 2.69 bits per heavy atom. The lowest BCUT2D eigenvalue weighted by Gasteiger charge is -2.39. The number of piperidine rings is 1. The summed E-state index contributed by atoms with van der Waals surface area (Å²) < 4.78 is 6.57. The summed E-state index contributed by atoms with van der Waals surface area (Å²) in [6.07, 6.45) is 12.0. The molecule has 4 fully saturated rings. The molecule has 8 nitrogen and oxygen atoms in total. The first-order chi connectivity index (χ1) is 20.2. The van der Waals surface area contributed by atoms with Crippen molar-refractivity contribution in [2.24, 2.45) is 23.7 Å². The van der Waals surface area contributed by atoms with E-state index in [1.165, 1.54) is 12.8 Å². The minimum atomic E-state index is -1.13. The van der Waals surface area contributed by atoms with Crippen LogP contribution in [0.2, 0.25) is 0 Å². The Hall–Kier alpha value is -2.36. The third kappa shape index (κ3) is 5.19. The van der Waals surface area contributed by atoms with E-state index in [0.717, 1.165) is 37.1 Å². The maximum Gasteiger partial charge on any atom is 0.246 e. The van der Waals surface area contributed by atoms with Crippen LogP contribution in [0.25, 0.3) is 0 Å².